The van der Waals surface area contributed by atoms with Crippen molar-refractivity contribution in [2.75, 3.05) is 0 Å². The molecular weight excluding hydrogens is 733 g/mol. The van der Waals surface area contributed by atoms with Gasteiger partial charge in [-0.05, 0) is 51.6 Å². The van der Waals surface area contributed by atoms with Crippen LogP contribution in [0.3, 0.4) is 0 Å². The van der Waals surface area contributed by atoms with Gasteiger partial charge in [0.05, 0.1) is 17.1 Å². The van der Waals surface area contributed by atoms with Crippen molar-refractivity contribution >= 4 is 0 Å². The molecule has 0 radical (unpaired) electrons. The fraction of sp³-hybridized carbons (Fsp3) is 0. The van der Waals surface area contributed by atoms with Crippen molar-refractivity contribution in [3.63, 3.8) is 0 Å². The minimum Gasteiger partial charge on any atom is -0.255 e. The highest BCUT2D eigenvalue weighted by Gasteiger charge is 2.16. The first-order valence-corrected chi connectivity index (χ1v) is 19.9. The monoisotopic (exact) mass is 768 g/mol. The largest absolute Gasteiger partial charge is 0.255 e. The Hall–Kier alpha value is -8.22. The molecule has 0 fully saturated rings. The molecule has 0 aliphatic heterocycles. The van der Waals surface area contributed by atoms with E-state index in [1.807, 2.05) is 115 Å². The van der Waals surface area contributed by atoms with Crippen molar-refractivity contribution in [2.24, 2.45) is 0 Å². The molecule has 3 aromatic heterocycles. The van der Waals surface area contributed by atoms with E-state index in [4.69, 9.17) is 24.9 Å². The standard InChI is InChI=1S/C54H36N6/c1-4-16-40(17-5-1)51-56-49(36-50(57-51)48-26-14-15-35-55-48)39-31-27-37(28-32-39)44-22-10-12-24-46(44)47-25-13-11-23-45(47)38-29-33-43(34-30-38)54-59-52(41-18-6-2-7-19-41)58-53(60-54)42-20-8-3-9-21-42/h1-36H. The van der Waals surface area contributed by atoms with Crippen molar-refractivity contribution in [2.45, 2.75) is 0 Å². The number of aromatic nitrogens is 6. The van der Waals surface area contributed by atoms with Crippen LogP contribution in [0, 0.1) is 0 Å². The maximum atomic E-state index is 5.02. The molecule has 10 aromatic rings. The van der Waals surface area contributed by atoms with Gasteiger partial charge in [-0.1, -0.05) is 194 Å². The zero-order chi connectivity index (χ0) is 40.1. The van der Waals surface area contributed by atoms with Gasteiger partial charge >= 0.3 is 0 Å². The third-order valence-electron chi connectivity index (χ3n) is 10.5. The van der Waals surface area contributed by atoms with Crippen LogP contribution in [0.1, 0.15) is 0 Å². The van der Waals surface area contributed by atoms with Gasteiger partial charge in [0.25, 0.3) is 0 Å². The number of rotatable bonds is 9. The van der Waals surface area contributed by atoms with Gasteiger partial charge in [0.15, 0.2) is 23.3 Å². The van der Waals surface area contributed by atoms with Gasteiger partial charge in [0.1, 0.15) is 0 Å². The number of pyridine rings is 1. The Morgan fingerprint density at radius 3 is 1.02 bits per heavy atom. The van der Waals surface area contributed by atoms with Crippen molar-refractivity contribution in [1.82, 2.24) is 29.9 Å². The normalized spacial score (nSPS) is 11.0. The average Bonchev–Trinajstić information content (AvgIpc) is 3.35. The molecule has 282 valence electrons. The molecule has 0 saturated carbocycles. The summed E-state index contributed by atoms with van der Waals surface area (Å²) in [6, 6.07) is 72.4. The number of benzene rings is 7. The average molecular weight is 769 g/mol. The molecule has 3 heterocycles. The summed E-state index contributed by atoms with van der Waals surface area (Å²) in [5.41, 5.74) is 13.9. The minimum atomic E-state index is 0.627. The Balaban J connectivity index is 0.985. The maximum absolute atomic E-state index is 5.02. The van der Waals surface area contributed by atoms with Crippen molar-refractivity contribution in [3.05, 3.63) is 219 Å². The van der Waals surface area contributed by atoms with Crippen molar-refractivity contribution in [3.8, 4) is 102 Å². The molecule has 60 heavy (non-hydrogen) atoms. The molecule has 6 heteroatoms. The lowest BCUT2D eigenvalue weighted by molar-refractivity contribution is 1.07. The van der Waals surface area contributed by atoms with Gasteiger partial charge < -0.3 is 0 Å². The Morgan fingerprint density at radius 1 is 0.217 bits per heavy atom. The quantitative estimate of drug-likeness (QED) is 0.145. The van der Waals surface area contributed by atoms with Crippen LogP contribution >= 0.6 is 0 Å². The molecule has 0 bridgehead atoms. The summed E-state index contributed by atoms with van der Waals surface area (Å²) in [6.45, 7) is 0. The van der Waals surface area contributed by atoms with Crippen LogP contribution in [0.25, 0.3) is 102 Å². The topological polar surface area (TPSA) is 77.3 Å². The highest BCUT2D eigenvalue weighted by atomic mass is 15.0. The molecule has 10 rings (SSSR count). The van der Waals surface area contributed by atoms with Gasteiger partial charge in [0.2, 0.25) is 0 Å². The molecule has 0 N–H and O–H groups in total. The summed E-state index contributed by atoms with van der Waals surface area (Å²) in [5, 5.41) is 0. The highest BCUT2D eigenvalue weighted by Crippen LogP contribution is 2.39. The van der Waals surface area contributed by atoms with Crippen LogP contribution in [-0.4, -0.2) is 29.9 Å². The molecule has 0 atom stereocenters. The van der Waals surface area contributed by atoms with Crippen LogP contribution in [-0.2, 0) is 0 Å². The third kappa shape index (κ3) is 7.49. The first-order valence-electron chi connectivity index (χ1n) is 19.9. The van der Waals surface area contributed by atoms with Crippen LogP contribution in [0.2, 0.25) is 0 Å². The molecule has 6 nitrogen and oxygen atoms in total. The molecule has 0 unspecified atom stereocenters. The molecular formula is C54H36N6. The van der Waals surface area contributed by atoms with E-state index in [0.717, 1.165) is 78.3 Å². The number of nitrogens with zero attached hydrogens (tertiary/aromatic N) is 6. The fourth-order valence-electron chi connectivity index (χ4n) is 7.45. The first kappa shape index (κ1) is 36.1. The molecule has 7 aromatic carbocycles. The lowest BCUT2D eigenvalue weighted by atomic mass is 9.89. The molecule has 0 spiro atoms. The Kier molecular flexibility index (Phi) is 9.84. The van der Waals surface area contributed by atoms with E-state index >= 15 is 0 Å². The minimum absolute atomic E-state index is 0.627. The molecule has 0 aliphatic rings. The van der Waals surface area contributed by atoms with Gasteiger partial charge in [-0.25, -0.2) is 24.9 Å². The fourth-order valence-corrected chi connectivity index (χ4v) is 7.45. The zero-order valence-electron chi connectivity index (χ0n) is 32.5. The van der Waals surface area contributed by atoms with E-state index in [0.29, 0.717) is 23.3 Å². The van der Waals surface area contributed by atoms with Gasteiger partial charge in [-0.3, -0.25) is 4.98 Å². The second-order valence-electron chi connectivity index (χ2n) is 14.3. The van der Waals surface area contributed by atoms with Gasteiger partial charge in [-0.2, -0.15) is 0 Å². The second kappa shape index (κ2) is 16.3. The van der Waals surface area contributed by atoms with Crippen molar-refractivity contribution < 1.29 is 0 Å². The highest BCUT2D eigenvalue weighted by molar-refractivity contribution is 5.92. The summed E-state index contributed by atoms with van der Waals surface area (Å²) in [7, 11) is 0. The number of hydrogen-bond donors (Lipinski definition) is 0. The Morgan fingerprint density at radius 2 is 0.567 bits per heavy atom. The third-order valence-corrected chi connectivity index (χ3v) is 10.5. The van der Waals surface area contributed by atoms with Crippen LogP contribution in [0.4, 0.5) is 0 Å². The van der Waals surface area contributed by atoms with E-state index in [2.05, 4.69) is 102 Å². The van der Waals surface area contributed by atoms with Crippen LogP contribution in [0.5, 0.6) is 0 Å². The van der Waals surface area contributed by atoms with E-state index in [1.54, 1.807) is 6.20 Å². The van der Waals surface area contributed by atoms with E-state index < -0.39 is 0 Å². The van der Waals surface area contributed by atoms with E-state index in [9.17, 15) is 0 Å². The SMILES string of the molecule is c1ccc(-c2nc(-c3ccc(-c4ccccc4-c4ccccc4-c4ccc(-c5nc(-c6ccccc6)nc(-c6ccccc6)n5)cc4)cc3)cc(-c3ccccn3)n2)cc1. The summed E-state index contributed by atoms with van der Waals surface area (Å²) < 4.78 is 0. The zero-order valence-corrected chi connectivity index (χ0v) is 32.5. The van der Waals surface area contributed by atoms with Gasteiger partial charge in [0, 0.05) is 34.0 Å². The van der Waals surface area contributed by atoms with Gasteiger partial charge in [-0.15, -0.1) is 0 Å². The molecule has 0 saturated heterocycles. The summed E-state index contributed by atoms with van der Waals surface area (Å²) in [6.07, 6.45) is 1.79. The van der Waals surface area contributed by atoms with E-state index in [-0.39, 0.29) is 0 Å². The predicted octanol–water partition coefficient (Wildman–Crippen LogP) is 13.1. The lowest BCUT2D eigenvalue weighted by Crippen LogP contribution is -2.00. The summed E-state index contributed by atoms with van der Waals surface area (Å²) >= 11 is 0. The summed E-state index contributed by atoms with van der Waals surface area (Å²) in [4.78, 5) is 29.3. The second-order valence-corrected chi connectivity index (χ2v) is 14.3. The Bertz CT molecular complexity index is 2720. The number of hydrogen-bond acceptors (Lipinski definition) is 6. The predicted molar refractivity (Wildman–Crippen MR) is 242 cm³/mol. The summed E-state index contributed by atoms with van der Waals surface area (Å²) in [5.74, 6) is 2.57. The van der Waals surface area contributed by atoms with E-state index in [1.165, 1.54) is 0 Å². The van der Waals surface area contributed by atoms with Crippen molar-refractivity contribution in [1.29, 1.82) is 0 Å². The smallest absolute Gasteiger partial charge is 0.164 e. The molecule has 0 aliphatic carbocycles. The lowest BCUT2D eigenvalue weighted by Gasteiger charge is -2.15. The first-order chi connectivity index (χ1) is 29.7. The molecule has 0 amide bonds. The van der Waals surface area contributed by atoms with Crippen LogP contribution in [0.15, 0.2) is 219 Å². The maximum Gasteiger partial charge on any atom is 0.164 e. The Labute approximate surface area is 348 Å². The van der Waals surface area contributed by atoms with Crippen LogP contribution < -0.4 is 0 Å².